The summed E-state index contributed by atoms with van der Waals surface area (Å²) in [4.78, 5) is 30.1. The standard InChI is InChI=1S/C28H25ClN6O3/c1-33-25-24(26(36)34(2)28(33)37)35(17-21-10-6-7-11-23(21)29)27(31-25)32-30-16-19-12-14-22(15-13-19)38-18-20-8-4-3-5-9-20/h3-16H,17-18H2,1-2H3,(H,31,32)/b30-16-. The van der Waals surface area contributed by atoms with Gasteiger partial charge in [0.15, 0.2) is 11.2 Å². The molecule has 1 N–H and O–H groups in total. The van der Waals surface area contributed by atoms with Gasteiger partial charge >= 0.3 is 5.69 Å². The Balaban J connectivity index is 1.40. The van der Waals surface area contributed by atoms with Crippen LogP contribution in [0.3, 0.4) is 0 Å². The Labute approximate surface area is 223 Å². The van der Waals surface area contributed by atoms with E-state index in [9.17, 15) is 9.59 Å². The molecule has 0 amide bonds. The summed E-state index contributed by atoms with van der Waals surface area (Å²) in [6, 6.07) is 24.8. The number of anilines is 1. The first kappa shape index (κ1) is 25.0. The van der Waals surface area contributed by atoms with Gasteiger partial charge in [0, 0.05) is 19.1 Å². The molecule has 38 heavy (non-hydrogen) atoms. The van der Waals surface area contributed by atoms with E-state index in [1.54, 1.807) is 23.9 Å². The Morgan fingerprint density at radius 2 is 1.66 bits per heavy atom. The van der Waals surface area contributed by atoms with Gasteiger partial charge in [-0.2, -0.15) is 10.1 Å². The number of hydrazone groups is 1. The highest BCUT2D eigenvalue weighted by Gasteiger charge is 2.19. The van der Waals surface area contributed by atoms with Crippen molar-refractivity contribution >= 4 is 34.9 Å². The van der Waals surface area contributed by atoms with E-state index in [1.165, 1.54) is 11.6 Å². The maximum Gasteiger partial charge on any atom is 0.332 e. The van der Waals surface area contributed by atoms with Gasteiger partial charge in [0.05, 0.1) is 12.8 Å². The highest BCUT2D eigenvalue weighted by Crippen LogP contribution is 2.22. The van der Waals surface area contributed by atoms with E-state index in [-0.39, 0.29) is 17.7 Å². The minimum Gasteiger partial charge on any atom is -0.489 e. The van der Waals surface area contributed by atoms with Crippen LogP contribution < -0.4 is 21.4 Å². The maximum absolute atomic E-state index is 13.1. The molecular weight excluding hydrogens is 504 g/mol. The number of benzene rings is 3. The second-order valence-electron chi connectivity index (χ2n) is 8.70. The van der Waals surface area contributed by atoms with Gasteiger partial charge in [0.1, 0.15) is 12.4 Å². The van der Waals surface area contributed by atoms with Crippen LogP contribution in [-0.4, -0.2) is 24.9 Å². The van der Waals surface area contributed by atoms with Crippen molar-refractivity contribution in [2.24, 2.45) is 19.2 Å². The summed E-state index contributed by atoms with van der Waals surface area (Å²) in [5.74, 6) is 1.05. The molecule has 0 aliphatic carbocycles. The molecule has 2 heterocycles. The van der Waals surface area contributed by atoms with E-state index in [0.717, 1.165) is 27.0 Å². The third kappa shape index (κ3) is 5.09. The molecule has 0 saturated heterocycles. The number of aromatic nitrogens is 4. The SMILES string of the molecule is Cn1c(=O)c2c(nc(N/N=C\c3ccc(OCc4ccccc4)cc3)n2Cc2ccccc2Cl)n(C)c1=O. The molecule has 0 aliphatic rings. The minimum atomic E-state index is -0.463. The summed E-state index contributed by atoms with van der Waals surface area (Å²) < 4.78 is 9.90. The zero-order chi connectivity index (χ0) is 26.6. The van der Waals surface area contributed by atoms with Gasteiger partial charge in [-0.05, 0) is 47.0 Å². The topological polar surface area (TPSA) is 95.4 Å². The number of halogens is 1. The zero-order valence-corrected chi connectivity index (χ0v) is 21.6. The van der Waals surface area contributed by atoms with E-state index >= 15 is 0 Å². The summed E-state index contributed by atoms with van der Waals surface area (Å²) in [6.07, 6.45) is 1.64. The first-order valence-corrected chi connectivity index (χ1v) is 12.3. The predicted octanol–water partition coefficient (Wildman–Crippen LogP) is 4.16. The van der Waals surface area contributed by atoms with Gasteiger partial charge in [0.2, 0.25) is 5.95 Å². The number of aryl methyl sites for hydroxylation is 1. The predicted molar refractivity (Wildman–Crippen MR) is 149 cm³/mol. The summed E-state index contributed by atoms with van der Waals surface area (Å²) in [5, 5.41) is 4.89. The summed E-state index contributed by atoms with van der Waals surface area (Å²) >= 11 is 6.39. The third-order valence-corrected chi connectivity index (χ3v) is 6.51. The summed E-state index contributed by atoms with van der Waals surface area (Å²) in [6.45, 7) is 0.744. The molecule has 5 aromatic rings. The van der Waals surface area contributed by atoms with E-state index in [2.05, 4.69) is 15.5 Å². The largest absolute Gasteiger partial charge is 0.489 e. The molecule has 0 saturated carbocycles. The normalized spacial score (nSPS) is 11.3. The lowest BCUT2D eigenvalue weighted by Crippen LogP contribution is -2.37. The van der Waals surface area contributed by atoms with Crippen LogP contribution in [0.15, 0.2) is 93.6 Å². The summed E-state index contributed by atoms with van der Waals surface area (Å²) in [7, 11) is 3.01. The molecule has 0 bridgehead atoms. The average molecular weight is 529 g/mol. The molecule has 0 radical (unpaired) electrons. The van der Waals surface area contributed by atoms with Crippen molar-refractivity contribution in [1.82, 2.24) is 18.7 Å². The van der Waals surface area contributed by atoms with Crippen LogP contribution in [0.1, 0.15) is 16.7 Å². The van der Waals surface area contributed by atoms with Gasteiger partial charge in [-0.15, -0.1) is 0 Å². The second-order valence-corrected chi connectivity index (χ2v) is 9.11. The van der Waals surface area contributed by atoms with Crippen LogP contribution >= 0.6 is 11.6 Å². The lowest BCUT2D eigenvalue weighted by molar-refractivity contribution is 0.306. The Morgan fingerprint density at radius 3 is 2.39 bits per heavy atom. The fourth-order valence-electron chi connectivity index (χ4n) is 4.04. The van der Waals surface area contributed by atoms with Crippen LogP contribution in [0.2, 0.25) is 5.02 Å². The van der Waals surface area contributed by atoms with Crippen molar-refractivity contribution in [1.29, 1.82) is 0 Å². The number of ether oxygens (including phenoxy) is 1. The van der Waals surface area contributed by atoms with Crippen LogP contribution in [0.4, 0.5) is 5.95 Å². The Kier molecular flexibility index (Phi) is 7.10. The van der Waals surface area contributed by atoms with Gasteiger partial charge in [-0.1, -0.05) is 60.1 Å². The van der Waals surface area contributed by atoms with Gasteiger partial charge in [-0.25, -0.2) is 10.2 Å². The first-order valence-electron chi connectivity index (χ1n) is 11.9. The fourth-order valence-corrected chi connectivity index (χ4v) is 4.23. The van der Waals surface area contributed by atoms with Gasteiger partial charge < -0.3 is 4.74 Å². The van der Waals surface area contributed by atoms with Gasteiger partial charge in [0.25, 0.3) is 5.56 Å². The molecular formula is C28H25ClN6O3. The molecule has 10 heteroatoms. The van der Waals surface area contributed by atoms with Crippen molar-refractivity contribution in [2.45, 2.75) is 13.2 Å². The maximum atomic E-state index is 13.1. The highest BCUT2D eigenvalue weighted by molar-refractivity contribution is 6.31. The molecule has 9 nitrogen and oxygen atoms in total. The monoisotopic (exact) mass is 528 g/mol. The number of hydrogen-bond donors (Lipinski definition) is 1. The lowest BCUT2D eigenvalue weighted by atomic mass is 10.2. The number of rotatable bonds is 8. The first-order chi connectivity index (χ1) is 18.4. The van der Waals surface area contributed by atoms with E-state index in [1.807, 2.05) is 72.8 Å². The lowest BCUT2D eigenvalue weighted by Gasteiger charge is -2.10. The molecule has 3 aromatic carbocycles. The van der Waals surface area contributed by atoms with Crippen molar-refractivity contribution in [3.05, 3.63) is 121 Å². The van der Waals surface area contributed by atoms with Crippen LogP contribution in [0.5, 0.6) is 5.75 Å². The number of fused-ring (bicyclic) bond motifs is 1. The van der Waals surface area contributed by atoms with Crippen molar-refractivity contribution < 1.29 is 4.74 Å². The number of imidazole rings is 1. The van der Waals surface area contributed by atoms with Crippen molar-refractivity contribution in [3.8, 4) is 5.75 Å². The smallest absolute Gasteiger partial charge is 0.332 e. The Morgan fingerprint density at radius 1 is 0.947 bits per heavy atom. The van der Waals surface area contributed by atoms with Crippen LogP contribution in [0, 0.1) is 0 Å². The molecule has 2 aromatic heterocycles. The highest BCUT2D eigenvalue weighted by atomic mass is 35.5. The molecule has 0 spiro atoms. The molecule has 0 atom stereocenters. The van der Waals surface area contributed by atoms with E-state index in [4.69, 9.17) is 16.3 Å². The van der Waals surface area contributed by atoms with E-state index in [0.29, 0.717) is 17.6 Å². The van der Waals surface area contributed by atoms with Crippen molar-refractivity contribution in [3.63, 3.8) is 0 Å². The number of hydrogen-bond acceptors (Lipinski definition) is 6. The molecule has 0 fully saturated rings. The summed E-state index contributed by atoms with van der Waals surface area (Å²) in [5.41, 5.74) is 5.26. The minimum absolute atomic E-state index is 0.253. The molecule has 0 aliphatic heterocycles. The second kappa shape index (κ2) is 10.8. The zero-order valence-electron chi connectivity index (χ0n) is 20.8. The average Bonchev–Trinajstić information content (AvgIpc) is 3.30. The fraction of sp³-hybridized carbons (Fsp3) is 0.143. The van der Waals surface area contributed by atoms with Crippen LogP contribution in [0.25, 0.3) is 11.2 Å². The number of nitrogens with one attached hydrogen (secondary N) is 1. The van der Waals surface area contributed by atoms with Gasteiger partial charge in [-0.3, -0.25) is 18.5 Å². The van der Waals surface area contributed by atoms with Crippen LogP contribution in [-0.2, 0) is 27.2 Å². The third-order valence-electron chi connectivity index (χ3n) is 6.14. The Hall–Kier alpha value is -4.63. The molecule has 0 unspecified atom stereocenters. The quantitative estimate of drug-likeness (QED) is 0.241. The molecule has 5 rings (SSSR count). The van der Waals surface area contributed by atoms with E-state index < -0.39 is 11.2 Å². The molecule has 192 valence electrons. The number of nitrogens with zero attached hydrogens (tertiary/aromatic N) is 5. The van der Waals surface area contributed by atoms with Crippen molar-refractivity contribution in [2.75, 3.05) is 5.43 Å². The Bertz CT molecular complexity index is 1740.